The highest BCUT2D eigenvalue weighted by molar-refractivity contribution is 7.89. The van der Waals surface area contributed by atoms with Crippen LogP contribution in [0.1, 0.15) is 19.3 Å². The van der Waals surface area contributed by atoms with Crippen LogP contribution in [0.3, 0.4) is 0 Å². The minimum Gasteiger partial charge on any atom is -0.395 e. The summed E-state index contributed by atoms with van der Waals surface area (Å²) in [6.45, 7) is -0.202. The van der Waals surface area contributed by atoms with Gasteiger partial charge in [0.15, 0.2) is 0 Å². The van der Waals surface area contributed by atoms with Crippen LogP contribution in [0, 0.1) is 5.82 Å². The Hall–Kier alpha value is -0.690. The molecule has 0 atom stereocenters. The second kappa shape index (κ2) is 5.75. The van der Waals surface area contributed by atoms with Crippen molar-refractivity contribution in [3.05, 3.63) is 29.0 Å². The molecule has 7 heteroatoms. The van der Waals surface area contributed by atoms with Crippen LogP contribution in [0.2, 0.25) is 5.02 Å². The first-order valence-electron chi connectivity index (χ1n) is 6.04. The van der Waals surface area contributed by atoms with E-state index in [1.54, 1.807) is 0 Å². The summed E-state index contributed by atoms with van der Waals surface area (Å²) in [5, 5.41) is 8.80. The van der Waals surface area contributed by atoms with Crippen LogP contribution in [0.5, 0.6) is 0 Å². The quantitative estimate of drug-likeness (QED) is 0.905. The monoisotopic (exact) mass is 307 g/mol. The molecule has 0 saturated heterocycles. The van der Waals surface area contributed by atoms with E-state index < -0.39 is 15.8 Å². The number of hydrogen-bond donors (Lipinski definition) is 1. The van der Waals surface area contributed by atoms with Gasteiger partial charge in [-0.15, -0.1) is 0 Å². The van der Waals surface area contributed by atoms with Gasteiger partial charge in [-0.05, 0) is 31.0 Å². The van der Waals surface area contributed by atoms with Crippen LogP contribution in [-0.4, -0.2) is 37.0 Å². The minimum absolute atomic E-state index is 0.0424. The predicted octanol–water partition coefficient (Wildman–Crippen LogP) is 2.01. The molecule has 4 nitrogen and oxygen atoms in total. The first kappa shape index (κ1) is 14.7. The van der Waals surface area contributed by atoms with Crippen molar-refractivity contribution < 1.29 is 17.9 Å². The Balaban J connectivity index is 2.35. The third-order valence-electron chi connectivity index (χ3n) is 3.30. The van der Waals surface area contributed by atoms with Crippen molar-refractivity contribution in [2.24, 2.45) is 0 Å². The van der Waals surface area contributed by atoms with Gasteiger partial charge in [-0.3, -0.25) is 0 Å². The second-order valence-electron chi connectivity index (χ2n) is 4.50. The molecule has 1 aliphatic rings. The number of sulfonamides is 1. The van der Waals surface area contributed by atoms with Crippen molar-refractivity contribution in [1.29, 1.82) is 0 Å². The maximum absolute atomic E-state index is 13.1. The number of benzene rings is 1. The molecule has 1 aromatic rings. The van der Waals surface area contributed by atoms with E-state index in [2.05, 4.69) is 0 Å². The van der Waals surface area contributed by atoms with Crippen molar-refractivity contribution in [2.45, 2.75) is 30.2 Å². The number of halogens is 2. The number of hydrogen-bond acceptors (Lipinski definition) is 3. The fraction of sp³-hybridized carbons (Fsp3) is 0.500. The third-order valence-corrected chi connectivity index (χ3v) is 5.54. The Bertz CT molecular complexity index is 560. The van der Waals surface area contributed by atoms with Crippen molar-refractivity contribution >= 4 is 21.6 Å². The first-order chi connectivity index (χ1) is 8.96. The topological polar surface area (TPSA) is 57.6 Å². The van der Waals surface area contributed by atoms with Crippen LogP contribution in [-0.2, 0) is 10.0 Å². The molecule has 19 heavy (non-hydrogen) atoms. The molecule has 1 aliphatic carbocycles. The summed E-state index contributed by atoms with van der Waals surface area (Å²) in [6, 6.07) is 3.25. The molecule has 0 spiro atoms. The molecule has 0 radical (unpaired) electrons. The Morgan fingerprint density at radius 3 is 2.58 bits per heavy atom. The van der Waals surface area contributed by atoms with Crippen LogP contribution < -0.4 is 0 Å². The van der Waals surface area contributed by atoms with Crippen molar-refractivity contribution in [3.8, 4) is 0 Å². The smallest absolute Gasteiger partial charge is 0.243 e. The average Bonchev–Trinajstić information content (AvgIpc) is 2.29. The van der Waals surface area contributed by atoms with E-state index in [-0.39, 0.29) is 29.1 Å². The molecule has 0 aliphatic heterocycles. The van der Waals surface area contributed by atoms with Crippen LogP contribution in [0.15, 0.2) is 23.1 Å². The highest BCUT2D eigenvalue weighted by Crippen LogP contribution is 2.30. The number of aliphatic hydroxyl groups is 1. The molecule has 0 bridgehead atoms. The van der Waals surface area contributed by atoms with Crippen LogP contribution in [0.25, 0.3) is 0 Å². The van der Waals surface area contributed by atoms with Gasteiger partial charge in [-0.2, -0.15) is 4.31 Å². The summed E-state index contributed by atoms with van der Waals surface area (Å²) in [6.07, 6.45) is 2.55. The zero-order valence-electron chi connectivity index (χ0n) is 10.2. The van der Waals surface area contributed by atoms with Gasteiger partial charge in [0.1, 0.15) is 5.82 Å². The van der Waals surface area contributed by atoms with Gasteiger partial charge in [0.2, 0.25) is 10.0 Å². The SMILES string of the molecule is O=S(=O)(c1ccc(F)c(Cl)c1)N(CCO)C1CCC1. The van der Waals surface area contributed by atoms with Crippen LogP contribution >= 0.6 is 11.6 Å². The van der Waals surface area contributed by atoms with Gasteiger partial charge in [0.05, 0.1) is 16.5 Å². The Kier molecular flexibility index (Phi) is 4.45. The molecule has 0 unspecified atom stereocenters. The zero-order valence-corrected chi connectivity index (χ0v) is 11.8. The molecule has 1 N–H and O–H groups in total. The van der Waals surface area contributed by atoms with E-state index >= 15 is 0 Å². The third kappa shape index (κ3) is 2.91. The maximum Gasteiger partial charge on any atom is 0.243 e. The lowest BCUT2D eigenvalue weighted by atomic mass is 9.93. The molecule has 0 heterocycles. The van der Waals surface area contributed by atoms with E-state index in [0.29, 0.717) is 0 Å². The fourth-order valence-corrected chi connectivity index (χ4v) is 3.99. The maximum atomic E-state index is 13.1. The number of nitrogens with zero attached hydrogens (tertiary/aromatic N) is 1. The number of rotatable bonds is 5. The molecule has 1 aromatic carbocycles. The molecule has 1 saturated carbocycles. The second-order valence-corrected chi connectivity index (χ2v) is 6.80. The predicted molar refractivity (Wildman–Crippen MR) is 70.0 cm³/mol. The summed E-state index contributed by atoms with van der Waals surface area (Å²) in [5.41, 5.74) is 0. The Morgan fingerprint density at radius 1 is 1.42 bits per heavy atom. The molecule has 106 valence electrons. The van der Waals surface area contributed by atoms with Gasteiger partial charge >= 0.3 is 0 Å². The van der Waals surface area contributed by atoms with Gasteiger partial charge in [0.25, 0.3) is 0 Å². The van der Waals surface area contributed by atoms with Gasteiger partial charge in [-0.1, -0.05) is 18.0 Å². The first-order valence-corrected chi connectivity index (χ1v) is 7.86. The lowest BCUT2D eigenvalue weighted by Gasteiger charge is -2.36. The Morgan fingerprint density at radius 2 is 2.11 bits per heavy atom. The van der Waals surface area contributed by atoms with E-state index in [4.69, 9.17) is 16.7 Å². The van der Waals surface area contributed by atoms with Crippen molar-refractivity contribution in [3.63, 3.8) is 0 Å². The summed E-state index contributed by atoms with van der Waals surface area (Å²) >= 11 is 5.62. The lowest BCUT2D eigenvalue weighted by molar-refractivity contribution is 0.178. The molecular formula is C12H15ClFNO3S. The summed E-state index contributed by atoms with van der Waals surface area (Å²) in [7, 11) is -3.74. The largest absolute Gasteiger partial charge is 0.395 e. The highest BCUT2D eigenvalue weighted by Gasteiger charge is 2.34. The molecule has 0 amide bonds. The van der Waals surface area contributed by atoms with Gasteiger partial charge in [-0.25, -0.2) is 12.8 Å². The highest BCUT2D eigenvalue weighted by atomic mass is 35.5. The van der Waals surface area contributed by atoms with E-state index in [9.17, 15) is 12.8 Å². The minimum atomic E-state index is -3.74. The van der Waals surface area contributed by atoms with E-state index in [0.717, 1.165) is 31.4 Å². The zero-order chi connectivity index (χ0) is 14.0. The van der Waals surface area contributed by atoms with E-state index in [1.807, 2.05) is 0 Å². The molecule has 1 fully saturated rings. The fourth-order valence-electron chi connectivity index (χ4n) is 2.04. The number of aliphatic hydroxyl groups excluding tert-OH is 1. The summed E-state index contributed by atoms with van der Waals surface area (Å²) in [4.78, 5) is -0.0424. The van der Waals surface area contributed by atoms with Crippen molar-refractivity contribution in [2.75, 3.05) is 13.2 Å². The molecular weight excluding hydrogens is 293 g/mol. The standard InChI is InChI=1S/C12H15ClFNO3S/c13-11-8-10(4-5-12(11)14)19(17,18)15(6-7-16)9-2-1-3-9/h4-5,8-9,16H,1-3,6-7H2. The van der Waals surface area contributed by atoms with Crippen molar-refractivity contribution in [1.82, 2.24) is 4.31 Å². The summed E-state index contributed by atoms with van der Waals surface area (Å²) in [5.74, 6) is -0.655. The molecule has 0 aromatic heterocycles. The normalized spacial score (nSPS) is 16.6. The Labute approximate surface area is 116 Å². The summed E-state index contributed by atoms with van der Waals surface area (Å²) < 4.78 is 39.3. The van der Waals surface area contributed by atoms with Gasteiger partial charge < -0.3 is 5.11 Å². The van der Waals surface area contributed by atoms with E-state index in [1.165, 1.54) is 10.4 Å². The average molecular weight is 308 g/mol. The van der Waals surface area contributed by atoms with Gasteiger partial charge in [0, 0.05) is 12.6 Å². The lowest BCUT2D eigenvalue weighted by Crippen LogP contribution is -2.45. The molecule has 2 rings (SSSR count). The van der Waals surface area contributed by atoms with Crippen LogP contribution in [0.4, 0.5) is 4.39 Å².